The first-order chi connectivity index (χ1) is 9.08. The molecule has 2 aromatic carbocycles. The van der Waals surface area contributed by atoms with Crippen molar-refractivity contribution in [2.45, 2.75) is 19.5 Å². The van der Waals surface area contributed by atoms with E-state index in [1.165, 1.54) is 11.1 Å². The molecule has 0 amide bonds. The minimum absolute atomic E-state index is 0.289. The van der Waals surface area contributed by atoms with Crippen LogP contribution in [0.25, 0.3) is 0 Å². The second-order valence-electron chi connectivity index (χ2n) is 4.74. The third kappa shape index (κ3) is 3.82. The van der Waals surface area contributed by atoms with Gasteiger partial charge in [-0.1, -0.05) is 57.9 Å². The first kappa shape index (κ1) is 14.6. The Hall–Kier alpha value is -0.830. The fraction of sp³-hybridized carbons (Fsp3) is 0.250. The van der Waals surface area contributed by atoms with Crippen LogP contribution in [0.2, 0.25) is 5.02 Å². The van der Waals surface area contributed by atoms with Gasteiger partial charge < -0.3 is 0 Å². The Balaban J connectivity index is 2.09. The van der Waals surface area contributed by atoms with Crippen LogP contribution in [0.1, 0.15) is 24.1 Å². The van der Waals surface area contributed by atoms with Crippen molar-refractivity contribution in [3.63, 3.8) is 0 Å². The normalized spacial score (nSPS) is 12.7. The summed E-state index contributed by atoms with van der Waals surface area (Å²) in [6, 6.07) is 16.7. The van der Waals surface area contributed by atoms with Gasteiger partial charge in [0.25, 0.3) is 0 Å². The summed E-state index contributed by atoms with van der Waals surface area (Å²) in [6.07, 6.45) is 0. The molecule has 0 radical (unpaired) electrons. The highest BCUT2D eigenvalue weighted by Gasteiger charge is 2.14. The van der Waals surface area contributed by atoms with Crippen LogP contribution >= 0.6 is 27.5 Å². The Bertz CT molecular complexity index is 539. The molecule has 2 aromatic rings. The van der Waals surface area contributed by atoms with Crippen molar-refractivity contribution in [2.24, 2.45) is 0 Å². The van der Waals surface area contributed by atoms with E-state index in [1.54, 1.807) is 0 Å². The van der Waals surface area contributed by atoms with Gasteiger partial charge >= 0.3 is 0 Å². The van der Waals surface area contributed by atoms with Crippen LogP contribution < -0.4 is 0 Å². The van der Waals surface area contributed by atoms with E-state index in [-0.39, 0.29) is 6.04 Å². The predicted molar refractivity (Wildman–Crippen MR) is 85.5 cm³/mol. The molecule has 0 aliphatic heterocycles. The highest BCUT2D eigenvalue weighted by atomic mass is 79.9. The van der Waals surface area contributed by atoms with Gasteiger partial charge in [-0.05, 0) is 43.3 Å². The monoisotopic (exact) mass is 337 g/mol. The van der Waals surface area contributed by atoms with Gasteiger partial charge in [0.05, 0.1) is 0 Å². The van der Waals surface area contributed by atoms with Crippen LogP contribution in [-0.2, 0) is 6.54 Å². The van der Waals surface area contributed by atoms with Crippen molar-refractivity contribution < 1.29 is 0 Å². The highest BCUT2D eigenvalue weighted by molar-refractivity contribution is 9.10. The summed E-state index contributed by atoms with van der Waals surface area (Å²) in [4.78, 5) is 2.30. The minimum Gasteiger partial charge on any atom is -0.295 e. The summed E-state index contributed by atoms with van der Waals surface area (Å²) in [5.41, 5.74) is 2.47. The van der Waals surface area contributed by atoms with Crippen molar-refractivity contribution in [1.29, 1.82) is 0 Å². The molecule has 1 nitrogen and oxygen atoms in total. The SMILES string of the molecule is C[C@H](c1ccccc1Cl)N(C)Cc1ccc(Br)cc1. The molecular weight excluding hydrogens is 322 g/mol. The average molecular weight is 339 g/mol. The Morgan fingerprint density at radius 2 is 1.74 bits per heavy atom. The molecule has 0 aliphatic rings. The van der Waals surface area contributed by atoms with Crippen LogP contribution in [0, 0.1) is 0 Å². The molecule has 0 saturated heterocycles. The zero-order valence-electron chi connectivity index (χ0n) is 11.1. The Labute approximate surface area is 128 Å². The van der Waals surface area contributed by atoms with E-state index in [9.17, 15) is 0 Å². The van der Waals surface area contributed by atoms with E-state index < -0.39 is 0 Å². The van der Waals surface area contributed by atoms with Crippen molar-refractivity contribution in [2.75, 3.05) is 7.05 Å². The number of nitrogens with zero attached hydrogens (tertiary/aromatic N) is 1. The standard InChI is InChI=1S/C16H17BrClN/c1-12(15-5-3-4-6-16(15)18)19(2)11-13-7-9-14(17)10-8-13/h3-10,12H,11H2,1-2H3/t12-/m1/s1. The summed E-state index contributed by atoms with van der Waals surface area (Å²) in [6.45, 7) is 3.08. The largest absolute Gasteiger partial charge is 0.295 e. The zero-order chi connectivity index (χ0) is 13.8. The van der Waals surface area contributed by atoms with Gasteiger partial charge in [-0.3, -0.25) is 4.90 Å². The summed E-state index contributed by atoms with van der Waals surface area (Å²) in [5.74, 6) is 0. The van der Waals surface area contributed by atoms with Gasteiger partial charge in [0.15, 0.2) is 0 Å². The summed E-state index contributed by atoms with van der Waals surface area (Å²) < 4.78 is 1.11. The number of rotatable bonds is 4. The van der Waals surface area contributed by atoms with E-state index in [4.69, 9.17) is 11.6 Å². The van der Waals surface area contributed by atoms with Gasteiger partial charge in [0, 0.05) is 22.1 Å². The molecule has 0 fully saturated rings. The molecule has 0 bridgehead atoms. The number of benzene rings is 2. The van der Waals surface area contributed by atoms with Crippen molar-refractivity contribution >= 4 is 27.5 Å². The molecule has 0 N–H and O–H groups in total. The van der Waals surface area contributed by atoms with Crippen molar-refractivity contribution in [3.05, 3.63) is 69.2 Å². The van der Waals surface area contributed by atoms with Gasteiger partial charge in [-0.2, -0.15) is 0 Å². The molecule has 0 heterocycles. The summed E-state index contributed by atoms with van der Waals surface area (Å²) in [7, 11) is 2.12. The maximum atomic E-state index is 6.25. The van der Waals surface area contributed by atoms with E-state index in [0.29, 0.717) is 0 Å². The molecule has 1 atom stereocenters. The molecule has 0 aromatic heterocycles. The highest BCUT2D eigenvalue weighted by Crippen LogP contribution is 2.27. The lowest BCUT2D eigenvalue weighted by molar-refractivity contribution is 0.253. The van der Waals surface area contributed by atoms with Crippen LogP contribution in [0.5, 0.6) is 0 Å². The van der Waals surface area contributed by atoms with E-state index in [1.807, 2.05) is 18.2 Å². The van der Waals surface area contributed by atoms with Crippen LogP contribution in [-0.4, -0.2) is 11.9 Å². The lowest BCUT2D eigenvalue weighted by Crippen LogP contribution is -2.22. The smallest absolute Gasteiger partial charge is 0.0453 e. The topological polar surface area (TPSA) is 3.24 Å². The Morgan fingerprint density at radius 3 is 2.37 bits per heavy atom. The van der Waals surface area contributed by atoms with E-state index in [0.717, 1.165) is 16.0 Å². The molecule has 100 valence electrons. The average Bonchev–Trinajstić information content (AvgIpc) is 2.41. The lowest BCUT2D eigenvalue weighted by atomic mass is 10.1. The van der Waals surface area contributed by atoms with Crippen LogP contribution in [0.3, 0.4) is 0 Å². The molecule has 0 unspecified atom stereocenters. The first-order valence-corrected chi connectivity index (χ1v) is 7.44. The molecule has 19 heavy (non-hydrogen) atoms. The minimum atomic E-state index is 0.289. The quantitative estimate of drug-likeness (QED) is 0.731. The molecule has 2 rings (SSSR count). The second kappa shape index (κ2) is 6.56. The fourth-order valence-corrected chi connectivity index (χ4v) is 2.62. The second-order valence-corrected chi connectivity index (χ2v) is 6.06. The fourth-order valence-electron chi connectivity index (χ4n) is 2.07. The van der Waals surface area contributed by atoms with Gasteiger partial charge in [-0.25, -0.2) is 0 Å². The number of hydrogen-bond acceptors (Lipinski definition) is 1. The Kier molecular flexibility index (Phi) is 5.03. The van der Waals surface area contributed by atoms with Crippen LogP contribution in [0.15, 0.2) is 53.0 Å². The third-order valence-corrected chi connectivity index (χ3v) is 4.23. The van der Waals surface area contributed by atoms with E-state index >= 15 is 0 Å². The predicted octanol–water partition coefficient (Wildman–Crippen LogP) is 5.30. The molecule has 0 saturated carbocycles. The molecular formula is C16H17BrClN. The van der Waals surface area contributed by atoms with Crippen molar-refractivity contribution in [1.82, 2.24) is 4.90 Å². The third-order valence-electron chi connectivity index (χ3n) is 3.36. The Morgan fingerprint density at radius 1 is 1.11 bits per heavy atom. The van der Waals surface area contributed by atoms with Crippen LogP contribution in [0.4, 0.5) is 0 Å². The summed E-state index contributed by atoms with van der Waals surface area (Å²) >= 11 is 9.71. The zero-order valence-corrected chi connectivity index (χ0v) is 13.4. The summed E-state index contributed by atoms with van der Waals surface area (Å²) in [5, 5.41) is 0.831. The number of halogens is 2. The first-order valence-electron chi connectivity index (χ1n) is 6.27. The molecule has 0 aliphatic carbocycles. The van der Waals surface area contributed by atoms with Gasteiger partial charge in [0.2, 0.25) is 0 Å². The van der Waals surface area contributed by atoms with Gasteiger partial charge in [0.1, 0.15) is 0 Å². The van der Waals surface area contributed by atoms with Crippen molar-refractivity contribution in [3.8, 4) is 0 Å². The molecule has 0 spiro atoms. The maximum Gasteiger partial charge on any atom is 0.0453 e. The maximum absolute atomic E-state index is 6.25. The van der Waals surface area contributed by atoms with E-state index in [2.05, 4.69) is 65.1 Å². The van der Waals surface area contributed by atoms with Gasteiger partial charge in [-0.15, -0.1) is 0 Å². The number of hydrogen-bond donors (Lipinski definition) is 0. The molecule has 3 heteroatoms. The lowest BCUT2D eigenvalue weighted by Gasteiger charge is -2.26.